The molecule has 18 heavy (non-hydrogen) atoms. The summed E-state index contributed by atoms with van der Waals surface area (Å²) in [5, 5.41) is 4.88. The third-order valence-electron chi connectivity index (χ3n) is 3.33. The molecule has 1 aliphatic heterocycles. The predicted octanol–water partition coefficient (Wildman–Crippen LogP) is 3.60. The van der Waals surface area contributed by atoms with Crippen LogP contribution in [0.4, 0.5) is 0 Å². The van der Waals surface area contributed by atoms with Gasteiger partial charge in [0.1, 0.15) is 0 Å². The van der Waals surface area contributed by atoms with Crippen LogP contribution in [0.5, 0.6) is 0 Å². The summed E-state index contributed by atoms with van der Waals surface area (Å²) < 4.78 is 0. The van der Waals surface area contributed by atoms with Crippen molar-refractivity contribution in [2.45, 2.75) is 25.4 Å². The molecule has 1 heterocycles. The SMILES string of the molecule is CN(Cc1ccc(Cl)cc1Cl)C1CCCNC1.Cl. The Bertz CT molecular complexity index is 378. The number of nitrogens with one attached hydrogen (secondary N) is 1. The maximum Gasteiger partial charge on any atom is 0.0465 e. The minimum absolute atomic E-state index is 0. The molecule has 0 radical (unpaired) electrons. The molecule has 1 unspecified atom stereocenters. The molecule has 0 aliphatic carbocycles. The molecule has 0 saturated carbocycles. The molecule has 102 valence electrons. The van der Waals surface area contributed by atoms with Crippen LogP contribution in [0.2, 0.25) is 10.0 Å². The predicted molar refractivity (Wildman–Crippen MR) is 81.1 cm³/mol. The van der Waals surface area contributed by atoms with Gasteiger partial charge in [-0.25, -0.2) is 0 Å². The van der Waals surface area contributed by atoms with Crippen LogP contribution in [0, 0.1) is 0 Å². The summed E-state index contributed by atoms with van der Waals surface area (Å²) in [4.78, 5) is 2.36. The molecular weight excluding hydrogens is 291 g/mol. The van der Waals surface area contributed by atoms with Crippen molar-refractivity contribution in [3.05, 3.63) is 33.8 Å². The zero-order chi connectivity index (χ0) is 12.3. The zero-order valence-electron chi connectivity index (χ0n) is 10.5. The lowest BCUT2D eigenvalue weighted by Gasteiger charge is -2.31. The topological polar surface area (TPSA) is 15.3 Å². The van der Waals surface area contributed by atoms with Gasteiger partial charge in [-0.3, -0.25) is 4.90 Å². The highest BCUT2D eigenvalue weighted by molar-refractivity contribution is 6.35. The van der Waals surface area contributed by atoms with Crippen molar-refractivity contribution < 1.29 is 0 Å². The van der Waals surface area contributed by atoms with Crippen molar-refractivity contribution in [2.24, 2.45) is 0 Å². The van der Waals surface area contributed by atoms with Crippen molar-refractivity contribution in [2.75, 3.05) is 20.1 Å². The van der Waals surface area contributed by atoms with Crippen LogP contribution in [-0.2, 0) is 6.54 Å². The molecule has 1 aromatic carbocycles. The number of nitrogens with zero attached hydrogens (tertiary/aromatic N) is 1. The van der Waals surface area contributed by atoms with Gasteiger partial charge in [0, 0.05) is 29.2 Å². The Morgan fingerprint density at radius 2 is 2.17 bits per heavy atom. The highest BCUT2D eigenvalue weighted by Crippen LogP contribution is 2.23. The average molecular weight is 310 g/mol. The maximum absolute atomic E-state index is 6.19. The minimum Gasteiger partial charge on any atom is -0.315 e. The van der Waals surface area contributed by atoms with Gasteiger partial charge in [0.25, 0.3) is 0 Å². The van der Waals surface area contributed by atoms with Crippen molar-refractivity contribution in [3.63, 3.8) is 0 Å². The third kappa shape index (κ3) is 4.29. The van der Waals surface area contributed by atoms with Crippen LogP contribution in [0.25, 0.3) is 0 Å². The van der Waals surface area contributed by atoms with Crippen molar-refractivity contribution in [1.82, 2.24) is 10.2 Å². The van der Waals surface area contributed by atoms with E-state index < -0.39 is 0 Å². The van der Waals surface area contributed by atoms with E-state index in [1.165, 1.54) is 12.8 Å². The molecule has 5 heteroatoms. The number of benzene rings is 1. The summed E-state index contributed by atoms with van der Waals surface area (Å²) in [5.74, 6) is 0. The minimum atomic E-state index is 0. The second-order valence-corrected chi connectivity index (χ2v) is 5.49. The molecule has 1 aliphatic rings. The normalized spacial score (nSPS) is 19.7. The standard InChI is InChI=1S/C13H18Cl2N2.ClH/c1-17(12-3-2-6-16-8-12)9-10-4-5-11(14)7-13(10)15;/h4-5,7,12,16H,2-3,6,8-9H2,1H3;1H. The van der Waals surface area contributed by atoms with E-state index in [1.54, 1.807) is 0 Å². The van der Waals surface area contributed by atoms with E-state index in [1.807, 2.05) is 18.2 Å². The van der Waals surface area contributed by atoms with Crippen LogP contribution in [-0.4, -0.2) is 31.1 Å². The second kappa shape index (κ2) is 7.56. The fraction of sp³-hybridized carbons (Fsp3) is 0.538. The quantitative estimate of drug-likeness (QED) is 0.918. The first-order valence-corrected chi connectivity index (χ1v) is 6.77. The molecule has 1 fully saturated rings. The Hall–Kier alpha value is 0.01000. The monoisotopic (exact) mass is 308 g/mol. The van der Waals surface area contributed by atoms with Gasteiger partial charge in [0.2, 0.25) is 0 Å². The number of halogens is 3. The summed E-state index contributed by atoms with van der Waals surface area (Å²) in [7, 11) is 2.16. The first kappa shape index (κ1) is 16.1. The Morgan fingerprint density at radius 3 is 2.78 bits per heavy atom. The first-order valence-electron chi connectivity index (χ1n) is 6.01. The Labute approximate surface area is 125 Å². The Kier molecular flexibility index (Phi) is 6.75. The molecule has 2 rings (SSSR count). The molecule has 2 nitrogen and oxygen atoms in total. The molecule has 0 bridgehead atoms. The van der Waals surface area contributed by atoms with Crippen LogP contribution in [0.1, 0.15) is 18.4 Å². The molecule has 0 amide bonds. The van der Waals surface area contributed by atoms with Gasteiger partial charge in [-0.15, -0.1) is 12.4 Å². The smallest absolute Gasteiger partial charge is 0.0465 e. The first-order chi connectivity index (χ1) is 8.16. The number of hydrogen-bond acceptors (Lipinski definition) is 2. The van der Waals surface area contributed by atoms with Gasteiger partial charge in [-0.2, -0.15) is 0 Å². The van der Waals surface area contributed by atoms with Crippen LogP contribution in [0.15, 0.2) is 18.2 Å². The lowest BCUT2D eigenvalue weighted by atomic mass is 10.1. The molecule has 1 atom stereocenters. The maximum atomic E-state index is 6.19. The highest BCUT2D eigenvalue weighted by Gasteiger charge is 2.18. The number of likely N-dealkylation sites (N-methyl/N-ethyl adjacent to an activating group) is 1. The van der Waals surface area contributed by atoms with Crippen molar-refractivity contribution >= 4 is 35.6 Å². The summed E-state index contributed by atoms with van der Waals surface area (Å²) in [6.07, 6.45) is 2.51. The van der Waals surface area contributed by atoms with Crippen LogP contribution < -0.4 is 5.32 Å². The number of rotatable bonds is 3. The number of piperidine rings is 1. The van der Waals surface area contributed by atoms with Gasteiger partial charge < -0.3 is 5.32 Å². The van der Waals surface area contributed by atoms with E-state index in [4.69, 9.17) is 23.2 Å². The van der Waals surface area contributed by atoms with E-state index in [2.05, 4.69) is 17.3 Å². The summed E-state index contributed by atoms with van der Waals surface area (Å²) in [6, 6.07) is 6.33. The molecular formula is C13H19Cl3N2. The molecule has 1 N–H and O–H groups in total. The fourth-order valence-electron chi connectivity index (χ4n) is 2.26. The van der Waals surface area contributed by atoms with Gasteiger partial charge in [0.05, 0.1) is 0 Å². The summed E-state index contributed by atoms with van der Waals surface area (Å²) in [5.41, 5.74) is 1.14. The molecule has 1 aromatic rings. The Balaban J connectivity index is 0.00000162. The zero-order valence-corrected chi connectivity index (χ0v) is 12.8. The lowest BCUT2D eigenvalue weighted by molar-refractivity contribution is 0.196. The van der Waals surface area contributed by atoms with Gasteiger partial charge in [-0.05, 0) is 44.1 Å². The van der Waals surface area contributed by atoms with Gasteiger partial charge in [0.15, 0.2) is 0 Å². The fourth-order valence-corrected chi connectivity index (χ4v) is 2.73. The van der Waals surface area contributed by atoms with E-state index >= 15 is 0 Å². The second-order valence-electron chi connectivity index (χ2n) is 4.65. The lowest BCUT2D eigenvalue weighted by Crippen LogP contribution is -2.43. The van der Waals surface area contributed by atoms with Crippen LogP contribution >= 0.6 is 35.6 Å². The van der Waals surface area contributed by atoms with E-state index in [-0.39, 0.29) is 12.4 Å². The van der Waals surface area contributed by atoms with E-state index in [0.29, 0.717) is 11.1 Å². The summed E-state index contributed by atoms with van der Waals surface area (Å²) in [6.45, 7) is 3.09. The summed E-state index contributed by atoms with van der Waals surface area (Å²) >= 11 is 12.1. The van der Waals surface area contributed by atoms with E-state index in [9.17, 15) is 0 Å². The highest BCUT2D eigenvalue weighted by atomic mass is 35.5. The van der Waals surface area contributed by atoms with Crippen LogP contribution in [0.3, 0.4) is 0 Å². The molecule has 0 aromatic heterocycles. The van der Waals surface area contributed by atoms with Gasteiger partial charge in [-0.1, -0.05) is 29.3 Å². The van der Waals surface area contributed by atoms with Crippen molar-refractivity contribution in [3.8, 4) is 0 Å². The number of hydrogen-bond donors (Lipinski definition) is 1. The van der Waals surface area contributed by atoms with Crippen molar-refractivity contribution in [1.29, 1.82) is 0 Å². The third-order valence-corrected chi connectivity index (χ3v) is 3.92. The largest absolute Gasteiger partial charge is 0.315 e. The average Bonchev–Trinajstić information content (AvgIpc) is 2.34. The van der Waals surface area contributed by atoms with Gasteiger partial charge >= 0.3 is 0 Å². The molecule has 0 spiro atoms. The molecule has 1 saturated heterocycles. The Morgan fingerprint density at radius 1 is 1.39 bits per heavy atom. The van der Waals surface area contributed by atoms with E-state index in [0.717, 1.165) is 30.2 Å².